The Labute approximate surface area is 143 Å². The van der Waals surface area contributed by atoms with Crippen molar-refractivity contribution in [2.75, 3.05) is 13.7 Å². The molecule has 0 saturated carbocycles. The second-order valence-corrected chi connectivity index (χ2v) is 6.64. The number of hydrogen-bond donors (Lipinski definition) is 0. The van der Waals surface area contributed by atoms with Crippen LogP contribution in [0.15, 0.2) is 42.7 Å². The smallest absolute Gasteiger partial charge is 0.255 e. The number of hydrogen-bond acceptors (Lipinski definition) is 3. The molecular formula is C20H24N2O2. The van der Waals surface area contributed by atoms with Gasteiger partial charge in [0.1, 0.15) is 5.75 Å². The fraction of sp³-hybridized carbons (Fsp3) is 0.400. The molecule has 1 aromatic heterocycles. The number of amides is 1. The molecule has 126 valence electrons. The van der Waals surface area contributed by atoms with Gasteiger partial charge in [-0.2, -0.15) is 0 Å². The fourth-order valence-electron chi connectivity index (χ4n) is 3.41. The molecule has 4 heteroatoms. The van der Waals surface area contributed by atoms with Crippen molar-refractivity contribution in [3.05, 3.63) is 59.4 Å². The van der Waals surface area contributed by atoms with Crippen LogP contribution in [-0.2, 0) is 12.8 Å². The van der Waals surface area contributed by atoms with Gasteiger partial charge in [0.05, 0.1) is 12.7 Å². The predicted molar refractivity (Wildman–Crippen MR) is 94.3 cm³/mol. The Morgan fingerprint density at radius 3 is 2.79 bits per heavy atom. The van der Waals surface area contributed by atoms with Crippen molar-refractivity contribution in [2.24, 2.45) is 5.92 Å². The fourth-order valence-corrected chi connectivity index (χ4v) is 3.41. The molecule has 2 aromatic rings. The summed E-state index contributed by atoms with van der Waals surface area (Å²) in [5.74, 6) is 1.34. The van der Waals surface area contributed by atoms with Crippen LogP contribution in [0, 0.1) is 5.92 Å². The van der Waals surface area contributed by atoms with Crippen molar-refractivity contribution in [3.8, 4) is 5.75 Å². The zero-order valence-electron chi connectivity index (χ0n) is 14.5. The molecule has 1 aliphatic rings. The van der Waals surface area contributed by atoms with Crippen LogP contribution in [-0.4, -0.2) is 35.5 Å². The van der Waals surface area contributed by atoms with Gasteiger partial charge in [-0.05, 0) is 54.2 Å². The highest BCUT2D eigenvalue weighted by Crippen LogP contribution is 2.28. The molecule has 0 saturated heterocycles. The summed E-state index contributed by atoms with van der Waals surface area (Å²) >= 11 is 0. The number of benzene rings is 1. The van der Waals surface area contributed by atoms with E-state index >= 15 is 0 Å². The molecule has 1 atom stereocenters. The van der Waals surface area contributed by atoms with Crippen molar-refractivity contribution >= 4 is 5.91 Å². The summed E-state index contributed by atoms with van der Waals surface area (Å²) in [4.78, 5) is 19.1. The van der Waals surface area contributed by atoms with Gasteiger partial charge in [-0.1, -0.05) is 19.9 Å². The molecule has 0 spiro atoms. The van der Waals surface area contributed by atoms with Crippen LogP contribution in [0.4, 0.5) is 0 Å². The largest absolute Gasteiger partial charge is 0.497 e. The lowest BCUT2D eigenvalue weighted by atomic mass is 9.93. The van der Waals surface area contributed by atoms with Gasteiger partial charge in [-0.25, -0.2) is 0 Å². The van der Waals surface area contributed by atoms with Gasteiger partial charge in [-0.15, -0.1) is 0 Å². The topological polar surface area (TPSA) is 42.4 Å². The van der Waals surface area contributed by atoms with Crippen molar-refractivity contribution < 1.29 is 9.53 Å². The summed E-state index contributed by atoms with van der Waals surface area (Å²) in [6.45, 7) is 5.09. The minimum atomic E-state index is 0.0709. The van der Waals surface area contributed by atoms with Gasteiger partial charge < -0.3 is 9.64 Å². The zero-order chi connectivity index (χ0) is 17.1. The van der Waals surface area contributed by atoms with E-state index in [0.717, 1.165) is 25.1 Å². The third kappa shape index (κ3) is 3.28. The van der Waals surface area contributed by atoms with Crippen LogP contribution >= 0.6 is 0 Å². The number of fused-ring (bicyclic) bond motifs is 1. The van der Waals surface area contributed by atoms with Gasteiger partial charge in [-0.3, -0.25) is 9.78 Å². The van der Waals surface area contributed by atoms with Crippen molar-refractivity contribution in [1.82, 2.24) is 9.88 Å². The first-order valence-electron chi connectivity index (χ1n) is 8.47. The third-order valence-corrected chi connectivity index (χ3v) is 4.80. The van der Waals surface area contributed by atoms with Crippen LogP contribution in [0.1, 0.15) is 35.3 Å². The van der Waals surface area contributed by atoms with Gasteiger partial charge in [0, 0.05) is 25.0 Å². The second-order valence-electron chi connectivity index (χ2n) is 6.64. The molecular weight excluding hydrogens is 300 g/mol. The molecule has 4 nitrogen and oxygen atoms in total. The first-order chi connectivity index (χ1) is 11.6. The minimum absolute atomic E-state index is 0.0709. The summed E-state index contributed by atoms with van der Waals surface area (Å²) in [7, 11) is 1.69. The molecule has 0 fully saturated rings. The highest BCUT2D eigenvalue weighted by atomic mass is 16.5. The Morgan fingerprint density at radius 2 is 2.12 bits per heavy atom. The Hall–Kier alpha value is -2.36. The molecule has 3 rings (SSSR count). The van der Waals surface area contributed by atoms with Crippen LogP contribution in [0.3, 0.4) is 0 Å². The van der Waals surface area contributed by atoms with Gasteiger partial charge in [0.15, 0.2) is 0 Å². The molecule has 1 aliphatic heterocycles. The standard InChI is InChI=1S/C20H24N2O2/c1-14(2)19-12-15-6-7-18(24-3)11-16(15)8-10-22(19)20(23)17-5-4-9-21-13-17/h4-7,9,11,13-14,19H,8,10,12H2,1-3H3. The van der Waals surface area contributed by atoms with E-state index in [1.807, 2.05) is 23.1 Å². The number of nitrogens with zero attached hydrogens (tertiary/aromatic N) is 2. The van der Waals surface area contributed by atoms with Gasteiger partial charge in [0.25, 0.3) is 5.91 Å². The van der Waals surface area contributed by atoms with Crippen molar-refractivity contribution in [1.29, 1.82) is 0 Å². The summed E-state index contributed by atoms with van der Waals surface area (Å²) in [5, 5.41) is 0. The van der Waals surface area contributed by atoms with E-state index < -0.39 is 0 Å². The highest BCUT2D eigenvalue weighted by Gasteiger charge is 2.30. The second kappa shape index (κ2) is 7.04. The number of carbonyl (C=O) groups is 1. The third-order valence-electron chi connectivity index (χ3n) is 4.80. The molecule has 1 amide bonds. The van der Waals surface area contributed by atoms with Gasteiger partial charge in [0.2, 0.25) is 0 Å². The average molecular weight is 324 g/mol. The predicted octanol–water partition coefficient (Wildman–Crippen LogP) is 3.36. The van der Waals surface area contributed by atoms with Crippen LogP contribution in [0.25, 0.3) is 0 Å². The van der Waals surface area contributed by atoms with E-state index in [2.05, 4.69) is 31.0 Å². The Morgan fingerprint density at radius 1 is 1.29 bits per heavy atom. The lowest BCUT2D eigenvalue weighted by Gasteiger charge is -2.33. The van der Waals surface area contributed by atoms with Crippen LogP contribution in [0.2, 0.25) is 0 Å². The lowest BCUT2D eigenvalue weighted by molar-refractivity contribution is 0.0636. The first kappa shape index (κ1) is 16.5. The maximum atomic E-state index is 13.0. The van der Waals surface area contributed by atoms with Crippen LogP contribution in [0.5, 0.6) is 5.75 Å². The number of methoxy groups -OCH3 is 1. The molecule has 0 aliphatic carbocycles. The molecule has 1 aromatic carbocycles. The molecule has 1 unspecified atom stereocenters. The number of rotatable bonds is 3. The molecule has 0 N–H and O–H groups in total. The maximum absolute atomic E-state index is 13.0. The van der Waals surface area contributed by atoms with Crippen LogP contribution < -0.4 is 4.74 Å². The monoisotopic (exact) mass is 324 g/mol. The van der Waals surface area contributed by atoms with Crippen molar-refractivity contribution in [2.45, 2.75) is 32.7 Å². The number of aromatic nitrogens is 1. The molecule has 0 radical (unpaired) electrons. The quantitative estimate of drug-likeness (QED) is 0.869. The summed E-state index contributed by atoms with van der Waals surface area (Å²) in [5.41, 5.74) is 3.25. The normalized spacial score (nSPS) is 17.3. The van der Waals surface area contributed by atoms with E-state index in [1.54, 1.807) is 19.5 Å². The number of pyridine rings is 1. The van der Waals surface area contributed by atoms with E-state index in [1.165, 1.54) is 11.1 Å². The number of ether oxygens (including phenoxy) is 1. The summed E-state index contributed by atoms with van der Waals surface area (Å²) in [6, 6.07) is 10.1. The summed E-state index contributed by atoms with van der Waals surface area (Å²) < 4.78 is 5.35. The summed E-state index contributed by atoms with van der Waals surface area (Å²) in [6.07, 6.45) is 5.08. The minimum Gasteiger partial charge on any atom is -0.497 e. The Kier molecular flexibility index (Phi) is 4.84. The Balaban J connectivity index is 1.92. The lowest BCUT2D eigenvalue weighted by Crippen LogP contribution is -2.44. The average Bonchev–Trinajstić information content (AvgIpc) is 2.81. The highest BCUT2D eigenvalue weighted by molar-refractivity contribution is 5.94. The first-order valence-corrected chi connectivity index (χ1v) is 8.47. The van der Waals surface area contributed by atoms with Crippen molar-refractivity contribution in [3.63, 3.8) is 0 Å². The molecule has 2 heterocycles. The van der Waals surface area contributed by atoms with E-state index in [4.69, 9.17) is 4.74 Å². The van der Waals surface area contributed by atoms with E-state index in [-0.39, 0.29) is 11.9 Å². The Bertz CT molecular complexity index is 713. The van der Waals surface area contributed by atoms with E-state index in [0.29, 0.717) is 11.5 Å². The maximum Gasteiger partial charge on any atom is 0.255 e. The van der Waals surface area contributed by atoms with E-state index in [9.17, 15) is 4.79 Å². The van der Waals surface area contributed by atoms with Gasteiger partial charge >= 0.3 is 0 Å². The number of carbonyl (C=O) groups excluding carboxylic acids is 1. The molecule has 24 heavy (non-hydrogen) atoms. The molecule has 0 bridgehead atoms. The zero-order valence-corrected chi connectivity index (χ0v) is 14.5. The SMILES string of the molecule is COc1ccc2c(c1)CCN(C(=O)c1cccnc1)C(C(C)C)C2.